The van der Waals surface area contributed by atoms with Gasteiger partial charge in [0.15, 0.2) is 0 Å². The number of hydrogen-bond donors (Lipinski definition) is 4. The molecule has 0 amide bonds. The Labute approximate surface area is 129 Å². The van der Waals surface area contributed by atoms with Crippen LogP contribution in [0.4, 0.5) is 5.69 Å². The van der Waals surface area contributed by atoms with Gasteiger partial charge < -0.3 is 29.9 Å². The van der Waals surface area contributed by atoms with Crippen LogP contribution in [0.3, 0.4) is 0 Å². The molecule has 1 aromatic rings. The van der Waals surface area contributed by atoms with E-state index in [1.807, 2.05) is 0 Å². The first-order chi connectivity index (χ1) is 10.8. The molecule has 0 spiro atoms. The molecule has 4 N–H and O–H groups in total. The van der Waals surface area contributed by atoms with Gasteiger partial charge in [-0.25, -0.2) is 4.79 Å². The molecule has 1 aromatic carbocycles. The minimum atomic E-state index is -1.71. The third-order valence-corrected chi connectivity index (χ3v) is 3.39. The highest BCUT2D eigenvalue weighted by Crippen LogP contribution is 2.23. The molecule has 5 unspecified atom stereocenters. The Bertz CT molecular complexity index is 573. The van der Waals surface area contributed by atoms with Gasteiger partial charge in [0.05, 0.1) is 17.1 Å². The van der Waals surface area contributed by atoms with Crippen molar-refractivity contribution in [1.82, 2.24) is 0 Å². The Hall–Kier alpha value is -2.11. The quantitative estimate of drug-likeness (QED) is 0.294. The van der Waals surface area contributed by atoms with Gasteiger partial charge in [-0.1, -0.05) is 0 Å². The number of nitro groups is 1. The van der Waals surface area contributed by atoms with Crippen LogP contribution in [0.1, 0.15) is 10.4 Å². The Morgan fingerprint density at radius 3 is 2.30 bits per heavy atom. The van der Waals surface area contributed by atoms with E-state index in [0.29, 0.717) is 0 Å². The minimum absolute atomic E-state index is 0.0347. The van der Waals surface area contributed by atoms with Gasteiger partial charge in [-0.15, -0.1) is 0 Å². The summed E-state index contributed by atoms with van der Waals surface area (Å²) in [4.78, 5) is 21.8. The van der Waals surface area contributed by atoms with Gasteiger partial charge >= 0.3 is 5.97 Å². The highest BCUT2D eigenvalue weighted by molar-refractivity contribution is 5.89. The first kappa shape index (κ1) is 17.2. The van der Waals surface area contributed by atoms with Crippen LogP contribution in [0, 0.1) is 10.1 Å². The van der Waals surface area contributed by atoms with Gasteiger partial charge in [-0.3, -0.25) is 10.1 Å². The van der Waals surface area contributed by atoms with Crippen molar-refractivity contribution < 1.29 is 39.6 Å². The fourth-order valence-corrected chi connectivity index (χ4v) is 2.06. The van der Waals surface area contributed by atoms with Crippen LogP contribution in [-0.4, -0.2) is 68.6 Å². The number of nitrogens with zero attached hydrogens (tertiary/aromatic N) is 1. The number of carbonyl (C=O) groups is 1. The molecular weight excluding hydrogens is 314 g/mol. The summed E-state index contributed by atoms with van der Waals surface area (Å²) in [5, 5.41) is 48.5. The van der Waals surface area contributed by atoms with Crippen LogP contribution in [0.2, 0.25) is 0 Å². The number of non-ortho nitro benzene ring substituents is 1. The van der Waals surface area contributed by atoms with Gasteiger partial charge in [0, 0.05) is 12.1 Å². The lowest BCUT2D eigenvalue weighted by Crippen LogP contribution is -2.59. The first-order valence-corrected chi connectivity index (χ1v) is 6.61. The molecule has 0 aliphatic carbocycles. The fraction of sp³-hybridized carbons (Fsp3) is 0.462. The predicted molar refractivity (Wildman–Crippen MR) is 72.3 cm³/mol. The number of rotatable bonds is 4. The van der Waals surface area contributed by atoms with Crippen molar-refractivity contribution in [3.8, 4) is 0 Å². The summed E-state index contributed by atoms with van der Waals surface area (Å²) >= 11 is 0. The van der Waals surface area contributed by atoms with E-state index in [-0.39, 0.29) is 11.3 Å². The lowest BCUT2D eigenvalue weighted by atomic mass is 9.99. The summed E-state index contributed by atoms with van der Waals surface area (Å²) in [6.07, 6.45) is -7.76. The van der Waals surface area contributed by atoms with E-state index in [9.17, 15) is 30.2 Å². The number of benzene rings is 1. The first-order valence-electron chi connectivity index (χ1n) is 6.61. The summed E-state index contributed by atoms with van der Waals surface area (Å²) in [6.45, 7) is -0.656. The molecule has 1 fully saturated rings. The Kier molecular flexibility index (Phi) is 5.23. The second-order valence-electron chi connectivity index (χ2n) is 4.91. The molecule has 1 aliphatic heterocycles. The molecule has 0 bridgehead atoms. The van der Waals surface area contributed by atoms with E-state index in [1.54, 1.807) is 0 Å². The lowest BCUT2D eigenvalue weighted by molar-refractivity contribution is -0.384. The SMILES string of the molecule is O=C(OC1OC(CO)C(O)C(O)C1O)c1ccc([N+](=O)[O-])cc1. The average Bonchev–Trinajstić information content (AvgIpc) is 2.55. The maximum atomic E-state index is 11.9. The smallest absolute Gasteiger partial charge is 0.340 e. The zero-order valence-corrected chi connectivity index (χ0v) is 11.7. The van der Waals surface area contributed by atoms with Gasteiger partial charge in [0.2, 0.25) is 6.29 Å². The van der Waals surface area contributed by atoms with Crippen molar-refractivity contribution in [1.29, 1.82) is 0 Å². The van der Waals surface area contributed by atoms with Crippen LogP contribution in [0.25, 0.3) is 0 Å². The van der Waals surface area contributed by atoms with Gasteiger partial charge in [0.1, 0.15) is 24.4 Å². The third-order valence-electron chi connectivity index (χ3n) is 3.39. The summed E-state index contributed by atoms with van der Waals surface area (Å²) < 4.78 is 9.90. The molecule has 0 aromatic heterocycles. The predicted octanol–water partition coefficient (Wildman–Crippen LogP) is -1.45. The van der Waals surface area contributed by atoms with Crippen LogP contribution in [-0.2, 0) is 9.47 Å². The fourth-order valence-electron chi connectivity index (χ4n) is 2.06. The number of nitro benzene ring substituents is 1. The number of carbonyl (C=O) groups excluding carboxylic acids is 1. The number of hydrogen-bond acceptors (Lipinski definition) is 9. The van der Waals surface area contributed by atoms with E-state index >= 15 is 0 Å². The second kappa shape index (κ2) is 6.98. The van der Waals surface area contributed by atoms with Gasteiger partial charge in [0.25, 0.3) is 5.69 Å². The molecule has 0 saturated carbocycles. The van der Waals surface area contributed by atoms with E-state index in [0.717, 1.165) is 24.3 Å². The maximum Gasteiger partial charge on any atom is 0.340 e. The molecule has 1 heterocycles. The molecule has 2 rings (SSSR count). The van der Waals surface area contributed by atoms with E-state index in [1.165, 1.54) is 0 Å². The Balaban J connectivity index is 2.08. The number of aliphatic hydroxyl groups is 4. The highest BCUT2D eigenvalue weighted by atomic mass is 16.7. The zero-order chi connectivity index (χ0) is 17.1. The Morgan fingerprint density at radius 1 is 1.17 bits per heavy atom. The van der Waals surface area contributed by atoms with Crippen molar-refractivity contribution in [3.05, 3.63) is 39.9 Å². The standard InChI is InChI=1S/C13H15NO9/c15-5-8-9(16)10(17)11(18)13(22-8)23-12(19)6-1-3-7(4-2-6)14(20)21/h1-4,8-11,13,15-18H,5H2. The molecule has 5 atom stereocenters. The van der Waals surface area contributed by atoms with Crippen molar-refractivity contribution >= 4 is 11.7 Å². The largest absolute Gasteiger partial charge is 0.429 e. The van der Waals surface area contributed by atoms with Crippen LogP contribution in [0.15, 0.2) is 24.3 Å². The number of esters is 1. The van der Waals surface area contributed by atoms with Crippen LogP contribution >= 0.6 is 0 Å². The van der Waals surface area contributed by atoms with Crippen LogP contribution in [0.5, 0.6) is 0 Å². The number of ether oxygens (including phenoxy) is 2. The monoisotopic (exact) mass is 329 g/mol. The topological polar surface area (TPSA) is 160 Å². The van der Waals surface area contributed by atoms with Crippen molar-refractivity contribution in [2.75, 3.05) is 6.61 Å². The lowest BCUT2D eigenvalue weighted by Gasteiger charge is -2.39. The zero-order valence-electron chi connectivity index (χ0n) is 11.7. The molecule has 10 heteroatoms. The van der Waals surface area contributed by atoms with Gasteiger partial charge in [-0.05, 0) is 12.1 Å². The van der Waals surface area contributed by atoms with Crippen molar-refractivity contribution in [3.63, 3.8) is 0 Å². The molecule has 1 aliphatic rings. The second-order valence-corrected chi connectivity index (χ2v) is 4.91. The maximum absolute atomic E-state index is 11.9. The Morgan fingerprint density at radius 2 is 1.78 bits per heavy atom. The van der Waals surface area contributed by atoms with Crippen molar-refractivity contribution in [2.24, 2.45) is 0 Å². The van der Waals surface area contributed by atoms with E-state index in [2.05, 4.69) is 0 Å². The summed E-state index contributed by atoms with van der Waals surface area (Å²) in [5.74, 6) is -0.954. The summed E-state index contributed by atoms with van der Waals surface area (Å²) in [5.41, 5.74) is -0.248. The number of aliphatic hydroxyl groups excluding tert-OH is 4. The minimum Gasteiger partial charge on any atom is -0.429 e. The van der Waals surface area contributed by atoms with Crippen molar-refractivity contribution in [2.45, 2.75) is 30.7 Å². The average molecular weight is 329 g/mol. The normalized spacial score (nSPS) is 30.7. The van der Waals surface area contributed by atoms with Gasteiger partial charge in [-0.2, -0.15) is 0 Å². The van der Waals surface area contributed by atoms with E-state index < -0.39 is 48.2 Å². The third kappa shape index (κ3) is 3.63. The molecule has 23 heavy (non-hydrogen) atoms. The molecule has 126 valence electrons. The van der Waals surface area contributed by atoms with Crippen LogP contribution < -0.4 is 0 Å². The molecule has 1 saturated heterocycles. The molecular formula is C13H15NO9. The summed E-state index contributed by atoms with van der Waals surface area (Å²) in [7, 11) is 0. The summed E-state index contributed by atoms with van der Waals surface area (Å²) in [6, 6.07) is 4.52. The highest BCUT2D eigenvalue weighted by Gasteiger charge is 2.45. The molecule has 10 nitrogen and oxygen atoms in total. The van der Waals surface area contributed by atoms with E-state index in [4.69, 9.17) is 14.6 Å². The molecule has 0 radical (unpaired) electrons.